The molecule has 1 aromatic rings. The van der Waals surface area contributed by atoms with Crippen LogP contribution in [0.3, 0.4) is 0 Å². The second-order valence-electron chi connectivity index (χ2n) is 5.79. The SMILES string of the molecule is CCCNc1ncnc(N(C)C(C)CCC)c1C(C)C. The van der Waals surface area contributed by atoms with E-state index in [1.807, 2.05) is 0 Å². The van der Waals surface area contributed by atoms with Gasteiger partial charge in [0.25, 0.3) is 0 Å². The number of rotatable bonds is 8. The zero-order valence-corrected chi connectivity index (χ0v) is 13.9. The van der Waals surface area contributed by atoms with Gasteiger partial charge in [-0.3, -0.25) is 0 Å². The fraction of sp³-hybridized carbons (Fsp3) is 0.750. The third-order valence-corrected chi connectivity index (χ3v) is 3.68. The van der Waals surface area contributed by atoms with Crippen molar-refractivity contribution in [1.29, 1.82) is 0 Å². The molecule has 1 rings (SSSR count). The summed E-state index contributed by atoms with van der Waals surface area (Å²) in [6.07, 6.45) is 5.14. The third-order valence-electron chi connectivity index (χ3n) is 3.68. The lowest BCUT2D eigenvalue weighted by Gasteiger charge is -2.29. The minimum absolute atomic E-state index is 0.404. The average molecular weight is 278 g/mol. The fourth-order valence-corrected chi connectivity index (χ4v) is 2.40. The van der Waals surface area contributed by atoms with Crippen LogP contribution in [-0.2, 0) is 0 Å². The van der Waals surface area contributed by atoms with Gasteiger partial charge in [0, 0.05) is 25.2 Å². The lowest BCUT2D eigenvalue weighted by atomic mass is 10.0. The minimum Gasteiger partial charge on any atom is -0.370 e. The number of nitrogens with one attached hydrogen (secondary N) is 1. The summed E-state index contributed by atoms with van der Waals surface area (Å²) in [4.78, 5) is 11.3. The molecule has 1 heterocycles. The van der Waals surface area contributed by atoms with Crippen molar-refractivity contribution >= 4 is 11.6 Å². The summed E-state index contributed by atoms with van der Waals surface area (Å²) in [7, 11) is 2.14. The minimum atomic E-state index is 0.404. The predicted molar refractivity (Wildman–Crippen MR) is 87.7 cm³/mol. The quantitative estimate of drug-likeness (QED) is 0.779. The Morgan fingerprint density at radius 3 is 2.40 bits per heavy atom. The molecule has 4 nitrogen and oxygen atoms in total. The molecule has 0 saturated heterocycles. The predicted octanol–water partition coefficient (Wildman–Crippen LogP) is 4.05. The van der Waals surface area contributed by atoms with Crippen LogP contribution >= 0.6 is 0 Å². The Kier molecular flexibility index (Phi) is 6.76. The number of hydrogen-bond donors (Lipinski definition) is 1. The molecular formula is C16H30N4. The Labute approximate surface area is 124 Å². The van der Waals surface area contributed by atoms with Crippen molar-refractivity contribution in [1.82, 2.24) is 9.97 Å². The molecule has 1 aromatic heterocycles. The number of anilines is 2. The van der Waals surface area contributed by atoms with Crippen molar-refractivity contribution in [2.75, 3.05) is 23.8 Å². The Balaban J connectivity index is 3.11. The second-order valence-corrected chi connectivity index (χ2v) is 5.79. The number of nitrogens with zero attached hydrogens (tertiary/aromatic N) is 3. The summed E-state index contributed by atoms with van der Waals surface area (Å²) in [5.41, 5.74) is 1.23. The summed E-state index contributed by atoms with van der Waals surface area (Å²) in [5, 5.41) is 3.43. The monoisotopic (exact) mass is 278 g/mol. The number of hydrogen-bond acceptors (Lipinski definition) is 4. The topological polar surface area (TPSA) is 41.1 Å². The maximum Gasteiger partial charge on any atom is 0.137 e. The molecule has 0 amide bonds. The average Bonchev–Trinajstić information content (AvgIpc) is 2.43. The first-order chi connectivity index (χ1) is 9.52. The van der Waals surface area contributed by atoms with Gasteiger partial charge in [0.2, 0.25) is 0 Å². The molecule has 0 aliphatic carbocycles. The van der Waals surface area contributed by atoms with Crippen molar-refractivity contribution in [3.05, 3.63) is 11.9 Å². The molecule has 1 unspecified atom stereocenters. The highest BCUT2D eigenvalue weighted by Gasteiger charge is 2.20. The van der Waals surface area contributed by atoms with Gasteiger partial charge in [-0.05, 0) is 25.7 Å². The van der Waals surface area contributed by atoms with Gasteiger partial charge in [-0.2, -0.15) is 0 Å². The Morgan fingerprint density at radius 2 is 1.85 bits per heavy atom. The van der Waals surface area contributed by atoms with E-state index < -0.39 is 0 Å². The third kappa shape index (κ3) is 4.09. The van der Waals surface area contributed by atoms with Crippen LogP contribution < -0.4 is 10.2 Å². The molecule has 20 heavy (non-hydrogen) atoms. The molecule has 1 N–H and O–H groups in total. The van der Waals surface area contributed by atoms with Crippen LogP contribution in [-0.4, -0.2) is 29.6 Å². The van der Waals surface area contributed by atoms with E-state index in [2.05, 4.69) is 61.9 Å². The molecule has 4 heteroatoms. The van der Waals surface area contributed by atoms with Crippen LogP contribution in [0, 0.1) is 0 Å². The van der Waals surface area contributed by atoms with Gasteiger partial charge in [0.05, 0.1) is 0 Å². The summed E-state index contributed by atoms with van der Waals surface area (Å²) >= 11 is 0. The van der Waals surface area contributed by atoms with Crippen LogP contribution in [0.15, 0.2) is 6.33 Å². The van der Waals surface area contributed by atoms with Gasteiger partial charge in [-0.25, -0.2) is 9.97 Å². The summed E-state index contributed by atoms with van der Waals surface area (Å²) in [6.45, 7) is 12.0. The summed E-state index contributed by atoms with van der Waals surface area (Å²) in [5.74, 6) is 2.46. The van der Waals surface area contributed by atoms with Crippen molar-refractivity contribution in [3.63, 3.8) is 0 Å². The highest BCUT2D eigenvalue weighted by molar-refractivity contribution is 5.60. The highest BCUT2D eigenvalue weighted by atomic mass is 15.2. The molecule has 1 atom stereocenters. The maximum absolute atomic E-state index is 4.55. The largest absolute Gasteiger partial charge is 0.370 e. The van der Waals surface area contributed by atoms with Crippen LogP contribution in [0.4, 0.5) is 11.6 Å². The fourth-order valence-electron chi connectivity index (χ4n) is 2.40. The van der Waals surface area contributed by atoms with E-state index in [1.54, 1.807) is 6.33 Å². The highest BCUT2D eigenvalue weighted by Crippen LogP contribution is 2.31. The molecule has 0 spiro atoms. The zero-order chi connectivity index (χ0) is 15.1. The van der Waals surface area contributed by atoms with Crippen LogP contribution in [0.1, 0.15) is 65.4 Å². The van der Waals surface area contributed by atoms with Crippen LogP contribution in [0.25, 0.3) is 0 Å². The zero-order valence-electron chi connectivity index (χ0n) is 13.9. The van der Waals surface area contributed by atoms with E-state index >= 15 is 0 Å². The lowest BCUT2D eigenvalue weighted by molar-refractivity contribution is 0.606. The van der Waals surface area contributed by atoms with Crippen molar-refractivity contribution < 1.29 is 0 Å². The van der Waals surface area contributed by atoms with E-state index in [9.17, 15) is 0 Å². The first-order valence-electron chi connectivity index (χ1n) is 7.84. The van der Waals surface area contributed by atoms with Crippen molar-refractivity contribution in [2.45, 2.75) is 65.8 Å². The Hall–Kier alpha value is -1.32. The lowest BCUT2D eigenvalue weighted by Crippen LogP contribution is -2.31. The Morgan fingerprint density at radius 1 is 1.15 bits per heavy atom. The van der Waals surface area contributed by atoms with E-state index in [-0.39, 0.29) is 0 Å². The summed E-state index contributed by atoms with van der Waals surface area (Å²) < 4.78 is 0. The van der Waals surface area contributed by atoms with E-state index in [0.717, 1.165) is 24.6 Å². The van der Waals surface area contributed by atoms with Crippen LogP contribution in [0.2, 0.25) is 0 Å². The van der Waals surface area contributed by atoms with Gasteiger partial charge in [-0.15, -0.1) is 0 Å². The Bertz CT molecular complexity index is 403. The second kappa shape index (κ2) is 8.08. The maximum atomic E-state index is 4.55. The molecule has 0 aliphatic rings. The van der Waals surface area contributed by atoms with Gasteiger partial charge in [-0.1, -0.05) is 34.1 Å². The van der Waals surface area contributed by atoms with Gasteiger partial charge in [0.1, 0.15) is 18.0 Å². The van der Waals surface area contributed by atoms with Crippen molar-refractivity contribution in [2.24, 2.45) is 0 Å². The molecular weight excluding hydrogens is 248 g/mol. The van der Waals surface area contributed by atoms with Crippen LogP contribution in [0.5, 0.6) is 0 Å². The van der Waals surface area contributed by atoms with E-state index in [4.69, 9.17) is 0 Å². The molecule has 0 fully saturated rings. The normalized spacial score (nSPS) is 12.6. The van der Waals surface area contributed by atoms with Gasteiger partial charge < -0.3 is 10.2 Å². The van der Waals surface area contributed by atoms with E-state index in [0.29, 0.717) is 12.0 Å². The van der Waals surface area contributed by atoms with Crippen molar-refractivity contribution in [3.8, 4) is 0 Å². The molecule has 0 bridgehead atoms. The molecule has 0 aliphatic heterocycles. The summed E-state index contributed by atoms with van der Waals surface area (Å²) in [6, 6.07) is 0.492. The van der Waals surface area contributed by atoms with Gasteiger partial charge in [0.15, 0.2) is 0 Å². The number of aromatic nitrogens is 2. The van der Waals surface area contributed by atoms with E-state index in [1.165, 1.54) is 18.4 Å². The standard InChI is InChI=1S/C16H30N4/c1-7-9-13(5)20(6)16-14(12(3)4)15(17-10-8-2)18-11-19-16/h11-13H,7-10H2,1-6H3,(H,17,18,19). The molecule has 114 valence electrons. The first-order valence-corrected chi connectivity index (χ1v) is 7.84. The van der Waals surface area contributed by atoms with Gasteiger partial charge >= 0.3 is 0 Å². The molecule has 0 radical (unpaired) electrons. The first kappa shape index (κ1) is 16.7. The molecule has 0 aromatic carbocycles. The molecule has 0 saturated carbocycles. The smallest absolute Gasteiger partial charge is 0.137 e.